The van der Waals surface area contributed by atoms with Crippen molar-refractivity contribution in [3.63, 3.8) is 0 Å². The van der Waals surface area contributed by atoms with Crippen molar-refractivity contribution in [1.29, 1.82) is 0 Å². The van der Waals surface area contributed by atoms with Crippen LogP contribution in [0.5, 0.6) is 0 Å². The van der Waals surface area contributed by atoms with Gasteiger partial charge in [-0.25, -0.2) is 4.79 Å². The first-order valence-electron chi connectivity index (χ1n) is 9.96. The van der Waals surface area contributed by atoms with Crippen LogP contribution in [0.3, 0.4) is 0 Å². The minimum Gasteiger partial charge on any atom is -0.450 e. The third-order valence-corrected chi connectivity index (χ3v) is 7.53. The van der Waals surface area contributed by atoms with Crippen molar-refractivity contribution in [3.8, 4) is 0 Å². The number of ether oxygens (including phenoxy) is 1. The second-order valence-corrected chi connectivity index (χ2v) is 9.85. The summed E-state index contributed by atoms with van der Waals surface area (Å²) in [6, 6.07) is 4.16. The maximum atomic E-state index is 12.1. The number of hydrogen-bond donors (Lipinski definition) is 1. The Morgan fingerprint density at radius 2 is 1.97 bits per heavy atom. The number of anilines is 1. The van der Waals surface area contributed by atoms with Crippen LogP contribution in [0.2, 0.25) is 5.02 Å². The number of nitrogen functional groups attached to an aromatic ring is 1. The van der Waals surface area contributed by atoms with Crippen molar-refractivity contribution >= 4 is 67.5 Å². The molecule has 1 fully saturated rings. The first-order chi connectivity index (χ1) is 14.4. The zero-order valence-corrected chi connectivity index (χ0v) is 21.1. The summed E-state index contributed by atoms with van der Waals surface area (Å²) in [5, 5.41) is 0.597. The van der Waals surface area contributed by atoms with Crippen LogP contribution in [-0.4, -0.2) is 35.7 Å². The molecule has 2 aromatic rings. The Labute approximate surface area is 203 Å². The number of rotatable bonds is 1. The Kier molecular flexibility index (Phi) is 6.60. The molecule has 0 radical (unpaired) electrons. The molecule has 2 N–H and O–H groups in total. The quantitative estimate of drug-likeness (QED) is 0.329. The fraction of sp³-hybridized carbons (Fsp3) is 0.364. The standard InChI is InChI=1S/C22H22BrClIN3O2/c1-2-30-22(29)28-7-5-12(6-8-28)18-17-13(10-16(24)20(26)19(17)25)3-4-14-9-15(23)11-27-21(14)18/h9-11H,2-8,26H2,1H3. The third kappa shape index (κ3) is 4.08. The van der Waals surface area contributed by atoms with E-state index in [0.29, 0.717) is 30.4 Å². The van der Waals surface area contributed by atoms with Gasteiger partial charge in [0.1, 0.15) is 0 Å². The van der Waals surface area contributed by atoms with Crippen molar-refractivity contribution in [3.05, 3.63) is 59.4 Å². The van der Waals surface area contributed by atoms with Crippen LogP contribution in [0.25, 0.3) is 5.57 Å². The maximum absolute atomic E-state index is 12.1. The molecule has 1 aliphatic carbocycles. The normalized spacial score (nSPS) is 16.1. The molecule has 0 saturated carbocycles. The van der Waals surface area contributed by atoms with Gasteiger partial charge in [0.25, 0.3) is 0 Å². The van der Waals surface area contributed by atoms with Crippen molar-refractivity contribution in [2.24, 2.45) is 0 Å². The summed E-state index contributed by atoms with van der Waals surface area (Å²) < 4.78 is 7.12. The number of piperidine rings is 1. The van der Waals surface area contributed by atoms with Gasteiger partial charge in [0.15, 0.2) is 0 Å². The molecule has 4 rings (SSSR count). The average molecular weight is 603 g/mol. The Bertz CT molecular complexity index is 1050. The van der Waals surface area contributed by atoms with Crippen LogP contribution < -0.4 is 5.73 Å². The highest BCUT2D eigenvalue weighted by Gasteiger charge is 2.29. The number of benzene rings is 1. The molecule has 0 spiro atoms. The van der Waals surface area contributed by atoms with Crippen molar-refractivity contribution in [2.45, 2.75) is 32.6 Å². The highest BCUT2D eigenvalue weighted by Crippen LogP contribution is 2.43. The summed E-state index contributed by atoms with van der Waals surface area (Å²) in [6.07, 6.45) is 4.94. The van der Waals surface area contributed by atoms with Crippen LogP contribution >= 0.6 is 50.1 Å². The van der Waals surface area contributed by atoms with E-state index in [2.05, 4.69) is 44.6 Å². The number of fused-ring (bicyclic) bond motifs is 2. The van der Waals surface area contributed by atoms with E-state index in [-0.39, 0.29) is 6.09 Å². The first kappa shape index (κ1) is 21.9. The largest absolute Gasteiger partial charge is 0.450 e. The molecule has 8 heteroatoms. The molecular formula is C22H22BrClIN3O2. The average Bonchev–Trinajstić information content (AvgIpc) is 2.89. The molecular weight excluding hydrogens is 581 g/mol. The van der Waals surface area contributed by atoms with E-state index in [9.17, 15) is 4.79 Å². The second kappa shape index (κ2) is 9.04. The van der Waals surface area contributed by atoms with Gasteiger partial charge in [-0.05, 0) is 94.4 Å². The molecule has 1 aromatic carbocycles. The lowest BCUT2D eigenvalue weighted by Crippen LogP contribution is -2.37. The maximum Gasteiger partial charge on any atom is 0.409 e. The molecule has 2 heterocycles. The van der Waals surface area contributed by atoms with Gasteiger partial charge in [0.05, 0.1) is 23.0 Å². The molecule has 0 unspecified atom stereocenters. The minimum atomic E-state index is -0.240. The predicted octanol–water partition coefficient (Wildman–Crippen LogP) is 5.84. The first-order valence-corrected chi connectivity index (χ1v) is 12.2. The van der Waals surface area contributed by atoms with Crippen LogP contribution in [-0.2, 0) is 17.6 Å². The molecule has 1 amide bonds. The van der Waals surface area contributed by atoms with Crippen molar-refractivity contribution < 1.29 is 9.53 Å². The van der Waals surface area contributed by atoms with E-state index in [1.807, 2.05) is 19.2 Å². The summed E-state index contributed by atoms with van der Waals surface area (Å²) >= 11 is 12.3. The van der Waals surface area contributed by atoms with Gasteiger partial charge in [-0.3, -0.25) is 4.98 Å². The summed E-state index contributed by atoms with van der Waals surface area (Å²) in [5.41, 5.74) is 14.0. The van der Waals surface area contributed by atoms with E-state index in [0.717, 1.165) is 50.6 Å². The lowest BCUT2D eigenvalue weighted by Gasteiger charge is -2.30. The Morgan fingerprint density at radius 3 is 2.67 bits per heavy atom. The van der Waals surface area contributed by atoms with E-state index >= 15 is 0 Å². The monoisotopic (exact) mass is 601 g/mol. The molecule has 158 valence electrons. The summed E-state index contributed by atoms with van der Waals surface area (Å²) in [6.45, 7) is 3.49. The lowest BCUT2D eigenvalue weighted by atomic mass is 9.88. The smallest absolute Gasteiger partial charge is 0.409 e. The van der Waals surface area contributed by atoms with Crippen molar-refractivity contribution in [2.75, 3.05) is 25.4 Å². The fourth-order valence-electron chi connectivity index (χ4n) is 4.20. The molecule has 1 saturated heterocycles. The molecule has 2 aliphatic rings. The summed E-state index contributed by atoms with van der Waals surface area (Å²) in [5.74, 6) is 0. The Balaban J connectivity index is 1.86. The van der Waals surface area contributed by atoms with Gasteiger partial charge in [-0.1, -0.05) is 17.2 Å². The topological polar surface area (TPSA) is 68.5 Å². The highest BCUT2D eigenvalue weighted by atomic mass is 127. The van der Waals surface area contributed by atoms with Crippen LogP contribution in [0.15, 0.2) is 28.4 Å². The highest BCUT2D eigenvalue weighted by molar-refractivity contribution is 14.1. The Hall–Kier alpha value is -1.32. The molecule has 30 heavy (non-hydrogen) atoms. The third-order valence-electron chi connectivity index (χ3n) is 5.67. The van der Waals surface area contributed by atoms with Crippen LogP contribution in [0.1, 0.15) is 42.1 Å². The number of pyridine rings is 1. The van der Waals surface area contributed by atoms with E-state index in [4.69, 9.17) is 27.1 Å². The zero-order chi connectivity index (χ0) is 21.4. The number of amides is 1. The fourth-order valence-corrected chi connectivity index (χ4v) is 5.87. The van der Waals surface area contributed by atoms with Gasteiger partial charge >= 0.3 is 6.09 Å². The number of likely N-dealkylation sites (tertiary alicyclic amines) is 1. The molecule has 0 bridgehead atoms. The number of carbonyl (C=O) groups excluding carboxylic acids is 1. The van der Waals surface area contributed by atoms with Gasteiger partial charge in [-0.15, -0.1) is 0 Å². The number of aromatic nitrogens is 1. The SMILES string of the molecule is CCOC(=O)N1CCC(=C2c3ncc(Br)cc3CCc3cc(Cl)c(N)c(I)c32)CC1. The van der Waals surface area contributed by atoms with E-state index in [1.54, 1.807) is 4.90 Å². The minimum absolute atomic E-state index is 0.240. The number of nitrogens with zero attached hydrogens (tertiary/aromatic N) is 2. The van der Waals surface area contributed by atoms with Gasteiger partial charge in [0, 0.05) is 38.5 Å². The summed E-state index contributed by atoms with van der Waals surface area (Å²) in [7, 11) is 0. The zero-order valence-electron chi connectivity index (χ0n) is 16.6. The molecule has 0 atom stereocenters. The van der Waals surface area contributed by atoms with Gasteiger partial charge < -0.3 is 15.4 Å². The second-order valence-electron chi connectivity index (χ2n) is 7.45. The van der Waals surface area contributed by atoms with E-state index < -0.39 is 0 Å². The van der Waals surface area contributed by atoms with Crippen molar-refractivity contribution in [1.82, 2.24) is 9.88 Å². The van der Waals surface area contributed by atoms with Crippen LogP contribution in [0, 0.1) is 3.57 Å². The van der Waals surface area contributed by atoms with Crippen LogP contribution in [0.4, 0.5) is 10.5 Å². The molecule has 1 aromatic heterocycles. The van der Waals surface area contributed by atoms with Gasteiger partial charge in [-0.2, -0.15) is 0 Å². The van der Waals surface area contributed by atoms with Gasteiger partial charge in [0.2, 0.25) is 0 Å². The Morgan fingerprint density at radius 1 is 1.27 bits per heavy atom. The summed E-state index contributed by atoms with van der Waals surface area (Å²) in [4.78, 5) is 18.7. The number of hydrogen-bond acceptors (Lipinski definition) is 4. The van der Waals surface area contributed by atoms with E-state index in [1.165, 1.54) is 16.7 Å². The number of nitrogens with two attached hydrogens (primary N) is 1. The number of carbonyl (C=O) groups is 1. The lowest BCUT2D eigenvalue weighted by molar-refractivity contribution is 0.104. The predicted molar refractivity (Wildman–Crippen MR) is 132 cm³/mol. The number of halogens is 3. The number of aryl methyl sites for hydroxylation is 2. The molecule has 5 nitrogen and oxygen atoms in total. The molecule has 1 aliphatic heterocycles.